The zero-order valence-corrected chi connectivity index (χ0v) is 17.2. The lowest BCUT2D eigenvalue weighted by molar-refractivity contribution is 0.340. The predicted molar refractivity (Wildman–Crippen MR) is 120 cm³/mol. The molecule has 0 spiro atoms. The SMILES string of the molecule is CCOc1ccc(C#Cc2ccc(C#Cc3ccc4c(F)c(F)ccc4c3)c(F)c2)cc1. The van der Waals surface area contributed by atoms with Gasteiger partial charge in [0.15, 0.2) is 11.6 Å². The van der Waals surface area contributed by atoms with Crippen molar-refractivity contribution in [3.8, 4) is 29.4 Å². The number of ether oxygens (including phenoxy) is 1. The van der Waals surface area contributed by atoms with E-state index >= 15 is 0 Å². The van der Waals surface area contributed by atoms with Gasteiger partial charge in [-0.1, -0.05) is 35.8 Å². The minimum atomic E-state index is -0.899. The highest BCUT2D eigenvalue weighted by Gasteiger charge is 2.07. The van der Waals surface area contributed by atoms with E-state index in [0.717, 1.165) is 17.4 Å². The molecule has 32 heavy (non-hydrogen) atoms. The van der Waals surface area contributed by atoms with Crippen LogP contribution in [0.2, 0.25) is 0 Å². The molecule has 0 N–H and O–H groups in total. The van der Waals surface area contributed by atoms with E-state index < -0.39 is 17.5 Å². The van der Waals surface area contributed by atoms with Gasteiger partial charge in [-0.25, -0.2) is 13.2 Å². The van der Waals surface area contributed by atoms with E-state index in [1.807, 2.05) is 31.2 Å². The van der Waals surface area contributed by atoms with Crippen molar-refractivity contribution in [1.82, 2.24) is 0 Å². The summed E-state index contributed by atoms with van der Waals surface area (Å²) in [6.45, 7) is 2.51. The van der Waals surface area contributed by atoms with Crippen molar-refractivity contribution in [3.05, 3.63) is 113 Å². The molecule has 0 aliphatic carbocycles. The molecule has 156 valence electrons. The van der Waals surface area contributed by atoms with Gasteiger partial charge < -0.3 is 4.74 Å². The molecule has 4 aromatic rings. The Bertz CT molecular complexity index is 1420. The maximum atomic E-state index is 14.5. The van der Waals surface area contributed by atoms with Crippen molar-refractivity contribution in [2.75, 3.05) is 6.61 Å². The highest BCUT2D eigenvalue weighted by Crippen LogP contribution is 2.21. The number of halogens is 3. The molecule has 0 atom stereocenters. The van der Waals surface area contributed by atoms with Gasteiger partial charge in [0.05, 0.1) is 12.2 Å². The first-order valence-corrected chi connectivity index (χ1v) is 9.97. The second-order valence-electron chi connectivity index (χ2n) is 6.95. The van der Waals surface area contributed by atoms with E-state index in [2.05, 4.69) is 23.7 Å². The van der Waals surface area contributed by atoms with E-state index in [-0.39, 0.29) is 10.9 Å². The third-order valence-corrected chi connectivity index (χ3v) is 4.73. The molecule has 0 saturated carbocycles. The molecule has 0 fully saturated rings. The van der Waals surface area contributed by atoms with Crippen LogP contribution in [0.3, 0.4) is 0 Å². The largest absolute Gasteiger partial charge is 0.494 e. The lowest BCUT2D eigenvalue weighted by atomic mass is 10.1. The fraction of sp³-hybridized carbons (Fsp3) is 0.0714. The zero-order valence-electron chi connectivity index (χ0n) is 17.2. The van der Waals surface area contributed by atoms with Gasteiger partial charge in [0.2, 0.25) is 0 Å². The molecule has 0 bridgehead atoms. The average Bonchev–Trinajstić information content (AvgIpc) is 2.80. The molecule has 0 radical (unpaired) electrons. The fourth-order valence-electron chi connectivity index (χ4n) is 3.12. The van der Waals surface area contributed by atoms with Gasteiger partial charge in [-0.05, 0) is 73.0 Å². The van der Waals surface area contributed by atoms with Crippen LogP contribution in [-0.4, -0.2) is 6.61 Å². The fourth-order valence-corrected chi connectivity index (χ4v) is 3.12. The minimum Gasteiger partial charge on any atom is -0.494 e. The summed E-state index contributed by atoms with van der Waals surface area (Å²) < 4.78 is 47.0. The third kappa shape index (κ3) is 4.77. The van der Waals surface area contributed by atoms with Crippen molar-refractivity contribution in [2.45, 2.75) is 6.92 Å². The molecule has 0 heterocycles. The second-order valence-corrected chi connectivity index (χ2v) is 6.95. The van der Waals surface area contributed by atoms with Crippen LogP contribution < -0.4 is 4.74 Å². The van der Waals surface area contributed by atoms with E-state index in [4.69, 9.17) is 4.74 Å². The molecule has 0 aliphatic rings. The highest BCUT2D eigenvalue weighted by atomic mass is 19.2. The lowest BCUT2D eigenvalue weighted by Gasteiger charge is -2.01. The molecule has 0 unspecified atom stereocenters. The quantitative estimate of drug-likeness (QED) is 0.335. The first-order chi connectivity index (χ1) is 15.5. The van der Waals surface area contributed by atoms with Gasteiger partial charge in [-0.15, -0.1) is 0 Å². The van der Waals surface area contributed by atoms with Crippen molar-refractivity contribution in [2.24, 2.45) is 0 Å². The molecular weight excluding hydrogens is 409 g/mol. The number of hydrogen-bond donors (Lipinski definition) is 0. The molecule has 0 aromatic heterocycles. The Morgan fingerprint density at radius 1 is 0.656 bits per heavy atom. The van der Waals surface area contributed by atoms with Gasteiger partial charge in [-0.3, -0.25) is 0 Å². The number of rotatable bonds is 2. The van der Waals surface area contributed by atoms with E-state index in [9.17, 15) is 13.2 Å². The topological polar surface area (TPSA) is 9.23 Å². The predicted octanol–water partition coefficient (Wildman–Crippen LogP) is 6.46. The molecule has 4 rings (SSSR count). The Hall–Kier alpha value is -4.15. The van der Waals surface area contributed by atoms with Gasteiger partial charge >= 0.3 is 0 Å². The zero-order chi connectivity index (χ0) is 22.5. The Balaban J connectivity index is 1.53. The Morgan fingerprint density at radius 3 is 2.06 bits per heavy atom. The molecule has 0 aliphatic heterocycles. The summed E-state index contributed by atoms with van der Waals surface area (Å²) in [4.78, 5) is 0. The van der Waals surface area contributed by atoms with Crippen LogP contribution in [0.15, 0.2) is 72.8 Å². The monoisotopic (exact) mass is 426 g/mol. The number of fused-ring (bicyclic) bond motifs is 1. The molecule has 4 heteroatoms. The van der Waals surface area contributed by atoms with Crippen molar-refractivity contribution in [1.29, 1.82) is 0 Å². The lowest BCUT2D eigenvalue weighted by Crippen LogP contribution is -1.90. The van der Waals surface area contributed by atoms with Crippen LogP contribution in [0.1, 0.15) is 29.2 Å². The van der Waals surface area contributed by atoms with E-state index in [0.29, 0.717) is 23.1 Å². The second kappa shape index (κ2) is 9.33. The van der Waals surface area contributed by atoms with Crippen molar-refractivity contribution >= 4 is 10.8 Å². The summed E-state index contributed by atoms with van der Waals surface area (Å²) in [7, 11) is 0. The smallest absolute Gasteiger partial charge is 0.166 e. The summed E-state index contributed by atoms with van der Waals surface area (Å²) in [5.74, 6) is 10.1. The molecular formula is C28H17F3O. The van der Waals surface area contributed by atoms with E-state index in [1.54, 1.807) is 24.3 Å². The molecule has 1 nitrogen and oxygen atoms in total. The molecule has 0 saturated heterocycles. The first-order valence-electron chi connectivity index (χ1n) is 9.97. The third-order valence-electron chi connectivity index (χ3n) is 4.73. The van der Waals surface area contributed by atoms with Crippen LogP contribution in [0, 0.1) is 41.1 Å². The summed E-state index contributed by atoms with van der Waals surface area (Å²) in [5.41, 5.74) is 2.12. The number of hydrogen-bond acceptors (Lipinski definition) is 1. The van der Waals surface area contributed by atoms with Crippen molar-refractivity contribution < 1.29 is 17.9 Å². The van der Waals surface area contributed by atoms with Crippen LogP contribution in [-0.2, 0) is 0 Å². The standard InChI is InChI=1S/C28H17F3O/c1-2-32-24-13-7-19(8-14-24)3-4-21-6-11-22(27(30)18-21)10-5-20-9-15-25-23(17-20)12-16-26(29)28(25)31/h6-9,11-18H,2H2,1H3. The minimum absolute atomic E-state index is 0.178. The van der Waals surface area contributed by atoms with Crippen LogP contribution >= 0.6 is 0 Å². The van der Waals surface area contributed by atoms with Gasteiger partial charge in [-0.2, -0.15) is 0 Å². The summed E-state index contributed by atoms with van der Waals surface area (Å²) in [6.07, 6.45) is 0. The highest BCUT2D eigenvalue weighted by molar-refractivity contribution is 5.84. The summed E-state index contributed by atoms with van der Waals surface area (Å²) in [6, 6.07) is 19.2. The summed E-state index contributed by atoms with van der Waals surface area (Å²) >= 11 is 0. The normalized spacial score (nSPS) is 10.1. The Morgan fingerprint density at radius 2 is 1.31 bits per heavy atom. The van der Waals surface area contributed by atoms with Gasteiger partial charge in [0, 0.05) is 22.1 Å². The van der Waals surface area contributed by atoms with Gasteiger partial charge in [0.1, 0.15) is 11.6 Å². The maximum absolute atomic E-state index is 14.5. The average molecular weight is 426 g/mol. The maximum Gasteiger partial charge on any atom is 0.166 e. The first kappa shape index (κ1) is 21.1. The molecule has 4 aromatic carbocycles. The van der Waals surface area contributed by atoms with Crippen molar-refractivity contribution in [3.63, 3.8) is 0 Å². The van der Waals surface area contributed by atoms with E-state index in [1.165, 1.54) is 18.2 Å². The number of benzene rings is 4. The van der Waals surface area contributed by atoms with Crippen LogP contribution in [0.4, 0.5) is 13.2 Å². The van der Waals surface area contributed by atoms with Crippen LogP contribution in [0.25, 0.3) is 10.8 Å². The summed E-state index contributed by atoms with van der Waals surface area (Å²) in [5, 5.41) is 0.702. The Kier molecular flexibility index (Phi) is 6.15. The Labute approximate surface area is 184 Å². The van der Waals surface area contributed by atoms with Crippen LogP contribution in [0.5, 0.6) is 5.75 Å². The van der Waals surface area contributed by atoms with Gasteiger partial charge in [0.25, 0.3) is 0 Å². The molecule has 0 amide bonds.